The molecule has 124 valence electrons. The predicted molar refractivity (Wildman–Crippen MR) is 85.9 cm³/mol. The molecule has 0 spiro atoms. The van der Waals surface area contributed by atoms with E-state index in [1.54, 1.807) is 6.07 Å². The summed E-state index contributed by atoms with van der Waals surface area (Å²) in [6.45, 7) is 8.77. The first-order valence-electron chi connectivity index (χ1n) is 7.64. The molecule has 1 amide bonds. The van der Waals surface area contributed by atoms with E-state index in [4.69, 9.17) is 20.8 Å². The standard InChI is InChI=1S/C16H25ClN2O3/c1-15(2,3)22-14(20)18-10-16(4,11-5-6-11)19-9-12-7-8-13(17)21-12/h7-8,11,19H,5-6,9-10H2,1-4H3,(H,18,20). The lowest BCUT2D eigenvalue weighted by atomic mass is 9.95. The van der Waals surface area contributed by atoms with Gasteiger partial charge in [-0.25, -0.2) is 4.79 Å². The zero-order chi connectivity index (χ0) is 16.4. The highest BCUT2D eigenvalue weighted by atomic mass is 35.5. The van der Waals surface area contributed by atoms with E-state index in [2.05, 4.69) is 17.6 Å². The van der Waals surface area contributed by atoms with Crippen molar-refractivity contribution in [3.05, 3.63) is 23.1 Å². The molecule has 0 radical (unpaired) electrons. The zero-order valence-electron chi connectivity index (χ0n) is 13.7. The van der Waals surface area contributed by atoms with E-state index in [0.29, 0.717) is 24.2 Å². The summed E-state index contributed by atoms with van der Waals surface area (Å²) in [5, 5.41) is 6.73. The normalized spacial score (nSPS) is 17.9. The Morgan fingerprint density at radius 3 is 2.55 bits per heavy atom. The van der Waals surface area contributed by atoms with Crippen LogP contribution < -0.4 is 10.6 Å². The van der Waals surface area contributed by atoms with Crippen LogP contribution in [0.4, 0.5) is 4.79 Å². The number of hydrogen-bond donors (Lipinski definition) is 2. The molecule has 0 aliphatic heterocycles. The van der Waals surface area contributed by atoms with Gasteiger partial charge in [0, 0.05) is 12.1 Å². The molecule has 0 bridgehead atoms. The van der Waals surface area contributed by atoms with Crippen LogP contribution in [-0.2, 0) is 11.3 Å². The number of alkyl carbamates (subject to hydrolysis) is 1. The van der Waals surface area contributed by atoms with E-state index < -0.39 is 5.60 Å². The van der Waals surface area contributed by atoms with Gasteiger partial charge in [-0.2, -0.15) is 0 Å². The van der Waals surface area contributed by atoms with Gasteiger partial charge in [0.1, 0.15) is 11.4 Å². The van der Waals surface area contributed by atoms with E-state index in [-0.39, 0.29) is 11.6 Å². The molecule has 2 rings (SSSR count). The van der Waals surface area contributed by atoms with Gasteiger partial charge in [0.25, 0.3) is 0 Å². The third-order valence-electron chi connectivity index (χ3n) is 3.77. The summed E-state index contributed by atoms with van der Waals surface area (Å²) < 4.78 is 10.6. The highest BCUT2D eigenvalue weighted by Crippen LogP contribution is 2.39. The summed E-state index contributed by atoms with van der Waals surface area (Å²) in [6.07, 6.45) is 1.94. The smallest absolute Gasteiger partial charge is 0.407 e. The molecule has 1 aliphatic carbocycles. The van der Waals surface area contributed by atoms with Crippen LogP contribution in [0, 0.1) is 5.92 Å². The molecule has 1 aromatic rings. The lowest BCUT2D eigenvalue weighted by Gasteiger charge is -2.31. The second-order valence-corrected chi connectivity index (χ2v) is 7.48. The van der Waals surface area contributed by atoms with Gasteiger partial charge in [-0.1, -0.05) is 0 Å². The van der Waals surface area contributed by atoms with Gasteiger partial charge in [0.2, 0.25) is 0 Å². The Morgan fingerprint density at radius 1 is 1.36 bits per heavy atom. The summed E-state index contributed by atoms with van der Waals surface area (Å²) in [5.41, 5.74) is -0.672. The second-order valence-electron chi connectivity index (χ2n) is 7.11. The molecule has 0 aromatic carbocycles. The first-order valence-corrected chi connectivity index (χ1v) is 8.02. The Hall–Kier alpha value is -1.20. The SMILES string of the molecule is CC(C)(C)OC(=O)NCC(C)(NCc1ccc(Cl)o1)C1CC1. The van der Waals surface area contributed by atoms with Crippen LogP contribution in [0.5, 0.6) is 0 Å². The van der Waals surface area contributed by atoms with Gasteiger partial charge in [-0.05, 0) is 70.2 Å². The van der Waals surface area contributed by atoms with E-state index in [0.717, 1.165) is 5.76 Å². The van der Waals surface area contributed by atoms with Crippen molar-refractivity contribution in [2.75, 3.05) is 6.54 Å². The van der Waals surface area contributed by atoms with Gasteiger partial charge in [0.15, 0.2) is 5.22 Å². The minimum Gasteiger partial charge on any atom is -0.448 e. The Kier molecular flexibility index (Phi) is 5.07. The van der Waals surface area contributed by atoms with E-state index in [9.17, 15) is 4.79 Å². The molecule has 22 heavy (non-hydrogen) atoms. The fraction of sp³-hybridized carbons (Fsp3) is 0.688. The molecule has 2 N–H and O–H groups in total. The second kappa shape index (κ2) is 6.50. The Bertz CT molecular complexity index is 520. The molecule has 1 aliphatic rings. The number of rotatable bonds is 6. The average molecular weight is 329 g/mol. The Labute approximate surface area is 136 Å². The molecule has 1 fully saturated rings. The highest BCUT2D eigenvalue weighted by molar-refractivity contribution is 6.28. The maximum absolute atomic E-state index is 11.8. The molecule has 1 heterocycles. The number of amides is 1. The molecule has 1 unspecified atom stereocenters. The maximum Gasteiger partial charge on any atom is 0.407 e. The molecule has 1 saturated carbocycles. The lowest BCUT2D eigenvalue weighted by molar-refractivity contribution is 0.0507. The molecule has 1 atom stereocenters. The fourth-order valence-corrected chi connectivity index (χ4v) is 2.54. The van der Waals surface area contributed by atoms with Crippen LogP contribution in [0.1, 0.15) is 46.3 Å². The van der Waals surface area contributed by atoms with Crippen LogP contribution in [-0.4, -0.2) is 23.8 Å². The van der Waals surface area contributed by atoms with Crippen LogP contribution in [0.25, 0.3) is 0 Å². The number of hydrogen-bond acceptors (Lipinski definition) is 4. The van der Waals surface area contributed by atoms with Crippen LogP contribution in [0.3, 0.4) is 0 Å². The maximum atomic E-state index is 11.8. The van der Waals surface area contributed by atoms with Crippen molar-refractivity contribution in [1.29, 1.82) is 0 Å². The minimum absolute atomic E-state index is 0.184. The quantitative estimate of drug-likeness (QED) is 0.835. The van der Waals surface area contributed by atoms with Crippen molar-refractivity contribution >= 4 is 17.7 Å². The minimum atomic E-state index is -0.488. The molecule has 0 saturated heterocycles. The molecule has 1 aromatic heterocycles. The summed E-state index contributed by atoms with van der Waals surface area (Å²) in [5.74, 6) is 1.34. The molecular weight excluding hydrogens is 304 g/mol. The van der Waals surface area contributed by atoms with Crippen LogP contribution in [0.2, 0.25) is 5.22 Å². The number of ether oxygens (including phenoxy) is 1. The number of nitrogens with one attached hydrogen (secondary N) is 2. The molecule has 6 heteroatoms. The van der Waals surface area contributed by atoms with Crippen molar-refractivity contribution in [1.82, 2.24) is 10.6 Å². The Balaban J connectivity index is 1.86. The number of furan rings is 1. The third-order valence-corrected chi connectivity index (χ3v) is 3.98. The van der Waals surface area contributed by atoms with Crippen molar-refractivity contribution in [2.24, 2.45) is 5.92 Å². The Morgan fingerprint density at radius 2 is 2.05 bits per heavy atom. The van der Waals surface area contributed by atoms with Crippen LogP contribution in [0.15, 0.2) is 16.5 Å². The summed E-state index contributed by atoms with van der Waals surface area (Å²) in [4.78, 5) is 11.8. The average Bonchev–Trinajstić information content (AvgIpc) is 3.16. The van der Waals surface area contributed by atoms with Gasteiger partial charge in [-0.3, -0.25) is 0 Å². The molecular formula is C16H25ClN2O3. The van der Waals surface area contributed by atoms with E-state index in [1.807, 2.05) is 26.8 Å². The zero-order valence-corrected chi connectivity index (χ0v) is 14.4. The summed E-state index contributed by atoms with van der Waals surface area (Å²) >= 11 is 5.78. The first-order chi connectivity index (χ1) is 10.2. The van der Waals surface area contributed by atoms with Gasteiger partial charge < -0.3 is 19.8 Å². The number of halogens is 1. The topological polar surface area (TPSA) is 63.5 Å². The lowest BCUT2D eigenvalue weighted by Crippen LogP contribution is -2.53. The van der Waals surface area contributed by atoms with Crippen molar-refractivity contribution in [3.8, 4) is 0 Å². The first kappa shape index (κ1) is 17.2. The largest absolute Gasteiger partial charge is 0.448 e. The van der Waals surface area contributed by atoms with Gasteiger partial charge in [0.05, 0.1) is 6.54 Å². The number of carbonyl (C=O) groups is 1. The van der Waals surface area contributed by atoms with Crippen molar-refractivity contribution in [3.63, 3.8) is 0 Å². The van der Waals surface area contributed by atoms with E-state index >= 15 is 0 Å². The van der Waals surface area contributed by atoms with Gasteiger partial charge in [-0.15, -0.1) is 0 Å². The number of carbonyl (C=O) groups excluding carboxylic acids is 1. The van der Waals surface area contributed by atoms with Gasteiger partial charge >= 0.3 is 6.09 Å². The predicted octanol–water partition coefficient (Wildman–Crippen LogP) is 3.72. The molecule has 5 nitrogen and oxygen atoms in total. The summed E-state index contributed by atoms with van der Waals surface area (Å²) in [6, 6.07) is 3.58. The summed E-state index contributed by atoms with van der Waals surface area (Å²) in [7, 11) is 0. The van der Waals surface area contributed by atoms with Crippen molar-refractivity contribution < 1.29 is 13.9 Å². The van der Waals surface area contributed by atoms with Crippen molar-refractivity contribution in [2.45, 2.75) is 58.2 Å². The highest BCUT2D eigenvalue weighted by Gasteiger charge is 2.41. The monoisotopic (exact) mass is 328 g/mol. The third kappa shape index (κ3) is 5.21. The fourth-order valence-electron chi connectivity index (χ4n) is 2.38. The van der Waals surface area contributed by atoms with Crippen LogP contribution >= 0.6 is 11.6 Å². The van der Waals surface area contributed by atoms with E-state index in [1.165, 1.54) is 12.8 Å².